The number of nitrogens with one attached hydrogen (secondary N) is 1. The van der Waals surface area contributed by atoms with Crippen molar-refractivity contribution in [3.63, 3.8) is 0 Å². The maximum atomic E-state index is 11.6. The Morgan fingerprint density at radius 2 is 2.21 bits per heavy atom. The lowest BCUT2D eigenvalue weighted by Crippen LogP contribution is -2.15. The smallest absolute Gasteiger partial charge is 0.271 e. The number of nitrogens with zero attached hydrogens (tertiary/aromatic N) is 1. The molecule has 0 aliphatic carbocycles. The van der Waals surface area contributed by atoms with Crippen LogP contribution in [0.1, 0.15) is 20.3 Å². The van der Waals surface area contributed by atoms with Gasteiger partial charge >= 0.3 is 0 Å². The Kier molecular flexibility index (Phi) is 5.95. The Morgan fingerprint density at radius 1 is 1.47 bits per heavy atom. The summed E-state index contributed by atoms with van der Waals surface area (Å²) >= 11 is 0. The molecule has 0 unspecified atom stereocenters. The molecule has 0 aromatic heterocycles. The summed E-state index contributed by atoms with van der Waals surface area (Å²) in [7, 11) is 0. The zero-order chi connectivity index (χ0) is 14.3. The topological polar surface area (TPSA) is 81.5 Å². The number of nitro groups is 1. The van der Waals surface area contributed by atoms with Gasteiger partial charge in [-0.25, -0.2) is 0 Å². The second-order valence-electron chi connectivity index (χ2n) is 4.57. The van der Waals surface area contributed by atoms with Gasteiger partial charge < -0.3 is 10.1 Å². The number of ether oxygens (including phenoxy) is 1. The van der Waals surface area contributed by atoms with Crippen molar-refractivity contribution in [2.45, 2.75) is 20.3 Å². The van der Waals surface area contributed by atoms with Gasteiger partial charge in [0.15, 0.2) is 0 Å². The Bertz CT molecular complexity index is 446. The SMILES string of the molecule is CC(C)COCCC(=O)Nc1cccc([N+](=O)[O-])c1. The molecule has 6 heteroatoms. The minimum absolute atomic E-state index is 0.0474. The van der Waals surface area contributed by atoms with Crippen LogP contribution in [0.3, 0.4) is 0 Å². The summed E-state index contributed by atoms with van der Waals surface area (Å²) in [5.74, 6) is 0.212. The first-order valence-corrected chi connectivity index (χ1v) is 6.11. The van der Waals surface area contributed by atoms with Crippen LogP contribution in [-0.4, -0.2) is 24.0 Å². The van der Waals surface area contributed by atoms with Gasteiger partial charge in [0.2, 0.25) is 5.91 Å². The van der Waals surface area contributed by atoms with E-state index < -0.39 is 4.92 Å². The molecule has 0 heterocycles. The third-order valence-corrected chi connectivity index (χ3v) is 2.27. The molecule has 104 valence electrons. The maximum absolute atomic E-state index is 11.6. The summed E-state index contributed by atoms with van der Waals surface area (Å²) in [6.45, 7) is 5.02. The van der Waals surface area contributed by atoms with Gasteiger partial charge in [0.05, 0.1) is 18.0 Å². The van der Waals surface area contributed by atoms with Crippen molar-refractivity contribution in [1.82, 2.24) is 0 Å². The van der Waals surface area contributed by atoms with Crippen LogP contribution in [-0.2, 0) is 9.53 Å². The zero-order valence-corrected chi connectivity index (χ0v) is 11.1. The predicted octanol–water partition coefficient (Wildman–Crippen LogP) is 2.60. The van der Waals surface area contributed by atoms with Crippen LogP contribution in [0.5, 0.6) is 0 Å². The fourth-order valence-corrected chi connectivity index (χ4v) is 1.40. The highest BCUT2D eigenvalue weighted by Crippen LogP contribution is 2.17. The van der Waals surface area contributed by atoms with E-state index in [4.69, 9.17) is 4.74 Å². The Morgan fingerprint density at radius 3 is 2.84 bits per heavy atom. The molecule has 0 fully saturated rings. The molecule has 1 aromatic carbocycles. The van der Waals surface area contributed by atoms with Crippen molar-refractivity contribution in [1.29, 1.82) is 0 Å². The predicted molar refractivity (Wildman–Crippen MR) is 72.0 cm³/mol. The number of non-ortho nitro benzene ring substituents is 1. The van der Waals surface area contributed by atoms with Crippen LogP contribution in [0.4, 0.5) is 11.4 Å². The molecule has 0 aliphatic heterocycles. The van der Waals surface area contributed by atoms with Crippen molar-refractivity contribution in [2.75, 3.05) is 18.5 Å². The summed E-state index contributed by atoms with van der Waals surface area (Å²) in [6.07, 6.45) is 0.232. The summed E-state index contributed by atoms with van der Waals surface area (Å²) < 4.78 is 5.30. The molecule has 1 rings (SSSR count). The first-order valence-electron chi connectivity index (χ1n) is 6.11. The number of carbonyl (C=O) groups excluding carboxylic acids is 1. The van der Waals surface area contributed by atoms with Crippen LogP contribution < -0.4 is 5.32 Å². The van der Waals surface area contributed by atoms with E-state index in [9.17, 15) is 14.9 Å². The molecule has 1 N–H and O–H groups in total. The lowest BCUT2D eigenvalue weighted by Gasteiger charge is -2.07. The number of hydrogen-bond acceptors (Lipinski definition) is 4. The molecule has 0 spiro atoms. The lowest BCUT2D eigenvalue weighted by molar-refractivity contribution is -0.384. The van der Waals surface area contributed by atoms with Crippen molar-refractivity contribution in [2.24, 2.45) is 5.92 Å². The number of amides is 1. The highest BCUT2D eigenvalue weighted by molar-refractivity contribution is 5.91. The molecular weight excluding hydrogens is 248 g/mol. The van der Waals surface area contributed by atoms with E-state index in [-0.39, 0.29) is 18.0 Å². The molecule has 1 aromatic rings. The third kappa shape index (κ3) is 5.96. The van der Waals surface area contributed by atoms with E-state index in [2.05, 4.69) is 5.32 Å². The minimum atomic E-state index is -0.499. The van der Waals surface area contributed by atoms with Crippen molar-refractivity contribution in [3.05, 3.63) is 34.4 Å². The Hall–Kier alpha value is -1.95. The number of rotatable bonds is 7. The summed E-state index contributed by atoms with van der Waals surface area (Å²) in [4.78, 5) is 21.7. The lowest BCUT2D eigenvalue weighted by atomic mass is 10.2. The molecular formula is C13H18N2O4. The zero-order valence-electron chi connectivity index (χ0n) is 11.1. The Labute approximate surface area is 111 Å². The number of hydrogen-bond donors (Lipinski definition) is 1. The van der Waals surface area contributed by atoms with E-state index in [0.717, 1.165) is 0 Å². The van der Waals surface area contributed by atoms with Crippen LogP contribution in [0.15, 0.2) is 24.3 Å². The maximum Gasteiger partial charge on any atom is 0.271 e. The van der Waals surface area contributed by atoms with Gasteiger partial charge in [-0.1, -0.05) is 19.9 Å². The molecule has 19 heavy (non-hydrogen) atoms. The quantitative estimate of drug-likeness (QED) is 0.467. The average Bonchev–Trinajstić information content (AvgIpc) is 2.34. The third-order valence-electron chi connectivity index (χ3n) is 2.27. The summed E-state index contributed by atoms with van der Waals surface area (Å²) in [5.41, 5.74) is 0.372. The molecule has 0 saturated carbocycles. The number of benzene rings is 1. The summed E-state index contributed by atoms with van der Waals surface area (Å²) in [6, 6.07) is 5.84. The van der Waals surface area contributed by atoms with Gasteiger partial charge in [-0.3, -0.25) is 14.9 Å². The van der Waals surface area contributed by atoms with E-state index in [1.165, 1.54) is 18.2 Å². The van der Waals surface area contributed by atoms with Gasteiger partial charge in [-0.2, -0.15) is 0 Å². The monoisotopic (exact) mass is 266 g/mol. The van der Waals surface area contributed by atoms with Gasteiger partial charge in [-0.05, 0) is 12.0 Å². The van der Waals surface area contributed by atoms with Gasteiger partial charge in [0.25, 0.3) is 5.69 Å². The molecule has 0 atom stereocenters. The van der Waals surface area contributed by atoms with Gasteiger partial charge in [-0.15, -0.1) is 0 Å². The fourth-order valence-electron chi connectivity index (χ4n) is 1.40. The van der Waals surface area contributed by atoms with Crippen LogP contribution in [0.2, 0.25) is 0 Å². The van der Waals surface area contributed by atoms with Gasteiger partial charge in [0, 0.05) is 24.4 Å². The molecule has 6 nitrogen and oxygen atoms in total. The molecule has 0 bridgehead atoms. The first-order chi connectivity index (χ1) is 8.99. The van der Waals surface area contributed by atoms with Crippen LogP contribution >= 0.6 is 0 Å². The largest absolute Gasteiger partial charge is 0.381 e. The highest BCUT2D eigenvalue weighted by Gasteiger charge is 2.08. The molecule has 0 aliphatic rings. The van der Waals surface area contributed by atoms with Crippen molar-refractivity contribution < 1.29 is 14.5 Å². The number of carbonyl (C=O) groups is 1. The van der Waals surface area contributed by atoms with Crippen LogP contribution in [0.25, 0.3) is 0 Å². The van der Waals surface area contributed by atoms with Gasteiger partial charge in [0.1, 0.15) is 0 Å². The summed E-state index contributed by atoms with van der Waals surface area (Å²) in [5, 5.41) is 13.2. The number of nitro benzene ring substituents is 1. The molecule has 0 radical (unpaired) electrons. The normalized spacial score (nSPS) is 10.5. The fraction of sp³-hybridized carbons (Fsp3) is 0.462. The average molecular weight is 266 g/mol. The van der Waals surface area contributed by atoms with Crippen molar-refractivity contribution in [3.8, 4) is 0 Å². The van der Waals surface area contributed by atoms with E-state index in [1.807, 2.05) is 13.8 Å². The number of anilines is 1. The molecule has 1 amide bonds. The Balaban J connectivity index is 2.40. The van der Waals surface area contributed by atoms with E-state index in [0.29, 0.717) is 24.8 Å². The second kappa shape index (κ2) is 7.48. The highest BCUT2D eigenvalue weighted by atomic mass is 16.6. The van der Waals surface area contributed by atoms with E-state index in [1.54, 1.807) is 6.07 Å². The first kappa shape index (κ1) is 15.1. The second-order valence-corrected chi connectivity index (χ2v) is 4.57. The van der Waals surface area contributed by atoms with Crippen molar-refractivity contribution >= 4 is 17.3 Å². The van der Waals surface area contributed by atoms with Crippen LogP contribution in [0, 0.1) is 16.0 Å². The van der Waals surface area contributed by atoms with E-state index >= 15 is 0 Å². The molecule has 0 saturated heterocycles. The minimum Gasteiger partial charge on any atom is -0.381 e. The standard InChI is InChI=1S/C13H18N2O4/c1-10(2)9-19-7-6-13(16)14-11-4-3-5-12(8-11)15(17)18/h3-5,8,10H,6-7,9H2,1-2H3,(H,14,16).